The van der Waals surface area contributed by atoms with Gasteiger partial charge in [-0.2, -0.15) is 0 Å². The van der Waals surface area contributed by atoms with Gasteiger partial charge in [-0.15, -0.1) is 0 Å². The molecule has 4 rings (SSSR count). The largest absolute Gasteiger partial charge is 0.324 e. The molecule has 0 amide bonds. The van der Waals surface area contributed by atoms with E-state index in [9.17, 15) is 0 Å². The fourth-order valence-electron chi connectivity index (χ4n) is 3.41. The van der Waals surface area contributed by atoms with E-state index in [0.29, 0.717) is 0 Å². The summed E-state index contributed by atoms with van der Waals surface area (Å²) in [5, 5.41) is 6.86. The highest BCUT2D eigenvalue weighted by Gasteiger charge is 2.34. The van der Waals surface area contributed by atoms with Crippen LogP contribution in [0.25, 0.3) is 0 Å². The normalized spacial score (nSPS) is 16.3. The van der Waals surface area contributed by atoms with Crippen LogP contribution in [0.4, 0.5) is 5.69 Å². The molecule has 0 unspecified atom stereocenters. The summed E-state index contributed by atoms with van der Waals surface area (Å²) in [5.74, 6) is 0. The van der Waals surface area contributed by atoms with Gasteiger partial charge in [0.25, 0.3) is 0 Å². The Morgan fingerprint density at radius 2 is 1.35 bits per heavy atom. The van der Waals surface area contributed by atoms with Crippen molar-refractivity contribution in [3.05, 3.63) is 90.5 Å². The van der Waals surface area contributed by atoms with Gasteiger partial charge in [-0.05, 0) is 11.6 Å². The molecule has 1 atom stereocenters. The minimum absolute atomic E-state index is 0.00563. The van der Waals surface area contributed by atoms with Gasteiger partial charge in [0, 0.05) is 31.1 Å². The number of hydrogen-bond donors (Lipinski definition) is 0. The molecular formula is C22H23N2OP. The number of anilines is 1. The third-order valence-corrected chi connectivity index (χ3v) is 6.53. The summed E-state index contributed by atoms with van der Waals surface area (Å²) in [5.41, 5.74) is 2.57. The van der Waals surface area contributed by atoms with Crippen LogP contribution in [0.1, 0.15) is 5.56 Å². The van der Waals surface area contributed by atoms with Crippen LogP contribution in [0.5, 0.6) is 0 Å². The minimum atomic E-state index is -0.884. The average Bonchev–Trinajstić information content (AvgIpc) is 3.06. The first-order valence-corrected chi connectivity index (χ1v) is 10.1. The summed E-state index contributed by atoms with van der Waals surface area (Å²) < 4.78 is 6.79. The Bertz CT molecular complexity index is 815. The first-order valence-electron chi connectivity index (χ1n) is 8.85. The summed E-state index contributed by atoms with van der Waals surface area (Å²) >= 11 is 0. The Kier molecular flexibility index (Phi) is 5.03. The maximum atomic E-state index is 6.79. The summed E-state index contributed by atoms with van der Waals surface area (Å²) in [7, 11) is 3.27. The quantitative estimate of drug-likeness (QED) is 0.640. The van der Waals surface area contributed by atoms with Crippen molar-refractivity contribution in [3.63, 3.8) is 0 Å². The molecule has 132 valence electrons. The van der Waals surface area contributed by atoms with E-state index < -0.39 is 8.15 Å². The number of hydrazine groups is 1. The maximum Gasteiger partial charge on any atom is 0.153 e. The van der Waals surface area contributed by atoms with Crippen LogP contribution in [0.15, 0.2) is 84.9 Å². The molecule has 0 radical (unpaired) electrons. The molecule has 4 heteroatoms. The van der Waals surface area contributed by atoms with Gasteiger partial charge in [-0.1, -0.05) is 78.9 Å². The van der Waals surface area contributed by atoms with Crippen LogP contribution >= 0.6 is 8.15 Å². The van der Waals surface area contributed by atoms with Gasteiger partial charge in [0.05, 0.1) is 13.8 Å². The molecule has 0 N–H and O–H groups in total. The molecular weight excluding hydrogens is 339 g/mol. The van der Waals surface area contributed by atoms with Gasteiger partial charge in [0.15, 0.2) is 6.23 Å². The molecule has 0 saturated carbocycles. The number of hydrogen-bond acceptors (Lipinski definition) is 3. The van der Waals surface area contributed by atoms with Crippen molar-refractivity contribution in [1.82, 2.24) is 5.01 Å². The van der Waals surface area contributed by atoms with E-state index in [2.05, 4.69) is 109 Å². The fourth-order valence-corrected chi connectivity index (χ4v) is 5.25. The second kappa shape index (κ2) is 7.59. The Hall–Kier alpha value is -2.19. The zero-order chi connectivity index (χ0) is 17.9. The summed E-state index contributed by atoms with van der Waals surface area (Å²) in [6.45, 7) is 0. The zero-order valence-corrected chi connectivity index (χ0v) is 16.0. The van der Waals surface area contributed by atoms with Gasteiger partial charge in [0.2, 0.25) is 0 Å². The lowest BCUT2D eigenvalue weighted by Gasteiger charge is -2.35. The van der Waals surface area contributed by atoms with Gasteiger partial charge >= 0.3 is 0 Å². The Balaban J connectivity index is 1.68. The topological polar surface area (TPSA) is 15.7 Å². The minimum Gasteiger partial charge on any atom is -0.324 e. The van der Waals surface area contributed by atoms with Crippen molar-refractivity contribution in [1.29, 1.82) is 0 Å². The van der Waals surface area contributed by atoms with Gasteiger partial charge in [-0.25, -0.2) is 5.01 Å². The number of fused-ring (bicyclic) bond motifs is 1. The number of nitrogens with zero attached hydrogens (tertiary/aromatic N) is 2. The molecule has 26 heavy (non-hydrogen) atoms. The molecule has 3 aromatic carbocycles. The summed E-state index contributed by atoms with van der Waals surface area (Å²) in [6.07, 6.45) is 0.890. The molecule has 1 heterocycles. The van der Waals surface area contributed by atoms with Crippen molar-refractivity contribution < 1.29 is 4.52 Å². The first kappa shape index (κ1) is 17.2. The van der Waals surface area contributed by atoms with Gasteiger partial charge in [0.1, 0.15) is 0 Å². The van der Waals surface area contributed by atoms with Crippen molar-refractivity contribution in [2.24, 2.45) is 0 Å². The Labute approximate surface area is 156 Å². The summed E-state index contributed by atoms with van der Waals surface area (Å²) in [4.78, 5) is 0. The molecule has 0 fully saturated rings. The molecule has 0 saturated heterocycles. The van der Waals surface area contributed by atoms with Crippen LogP contribution in [0.3, 0.4) is 0 Å². The van der Waals surface area contributed by atoms with Crippen molar-refractivity contribution in [2.45, 2.75) is 12.6 Å². The van der Waals surface area contributed by atoms with Gasteiger partial charge in [-0.3, -0.25) is 5.01 Å². The van der Waals surface area contributed by atoms with Crippen LogP contribution in [0, 0.1) is 0 Å². The van der Waals surface area contributed by atoms with E-state index in [1.807, 2.05) is 0 Å². The predicted octanol–water partition coefficient (Wildman–Crippen LogP) is 3.92. The lowest BCUT2D eigenvalue weighted by molar-refractivity contribution is 0.167. The van der Waals surface area contributed by atoms with Crippen LogP contribution in [-0.4, -0.2) is 25.3 Å². The average molecular weight is 362 g/mol. The lowest BCUT2D eigenvalue weighted by atomic mass is 10.2. The van der Waals surface area contributed by atoms with Crippen LogP contribution in [-0.2, 0) is 10.9 Å². The highest BCUT2D eigenvalue weighted by atomic mass is 31.1. The second-order valence-electron chi connectivity index (χ2n) is 6.55. The molecule has 0 aliphatic carbocycles. The van der Waals surface area contributed by atoms with Gasteiger partial charge < -0.3 is 4.52 Å². The zero-order valence-electron chi connectivity index (χ0n) is 15.1. The Morgan fingerprint density at radius 1 is 0.808 bits per heavy atom. The van der Waals surface area contributed by atoms with Crippen molar-refractivity contribution in [3.8, 4) is 0 Å². The molecule has 3 nitrogen and oxygen atoms in total. The molecule has 3 aromatic rings. The third-order valence-electron chi connectivity index (χ3n) is 4.55. The van der Waals surface area contributed by atoms with Crippen LogP contribution < -0.4 is 15.6 Å². The van der Waals surface area contributed by atoms with E-state index in [1.165, 1.54) is 21.9 Å². The SMILES string of the molecule is CN(C)N1c2ccccc2C[C@H]1OP(c1ccccc1)c1ccccc1. The fraction of sp³-hybridized carbons (Fsp3) is 0.182. The molecule has 0 aromatic heterocycles. The highest BCUT2D eigenvalue weighted by Crippen LogP contribution is 2.42. The molecule has 0 bridgehead atoms. The van der Waals surface area contributed by atoms with Crippen molar-refractivity contribution in [2.75, 3.05) is 19.1 Å². The van der Waals surface area contributed by atoms with E-state index >= 15 is 0 Å². The smallest absolute Gasteiger partial charge is 0.153 e. The number of benzene rings is 3. The van der Waals surface area contributed by atoms with E-state index in [4.69, 9.17) is 4.52 Å². The Morgan fingerprint density at radius 3 is 1.92 bits per heavy atom. The number of para-hydroxylation sites is 1. The molecule has 0 spiro atoms. The molecule has 1 aliphatic heterocycles. The first-order chi connectivity index (χ1) is 12.7. The van der Waals surface area contributed by atoms with Crippen molar-refractivity contribution >= 4 is 24.4 Å². The van der Waals surface area contributed by atoms with E-state index in [-0.39, 0.29) is 6.23 Å². The van der Waals surface area contributed by atoms with Crippen LogP contribution in [0.2, 0.25) is 0 Å². The standard InChI is InChI=1S/C22H23N2OP/c1-23(2)24-21-16-10-9-11-18(21)17-22(24)25-26(19-12-5-3-6-13-19)20-14-7-4-8-15-20/h3-16,22H,17H2,1-2H3/t22-/m1/s1. The van der Waals surface area contributed by atoms with E-state index in [0.717, 1.165) is 6.42 Å². The second-order valence-corrected chi connectivity index (χ2v) is 8.38. The number of rotatable bonds is 5. The van der Waals surface area contributed by atoms with E-state index in [1.54, 1.807) is 0 Å². The third kappa shape index (κ3) is 3.39. The summed E-state index contributed by atoms with van der Waals surface area (Å²) in [6, 6.07) is 29.7. The molecule has 1 aliphatic rings. The predicted molar refractivity (Wildman–Crippen MR) is 110 cm³/mol. The monoisotopic (exact) mass is 362 g/mol. The highest BCUT2D eigenvalue weighted by molar-refractivity contribution is 7.68. The maximum absolute atomic E-state index is 6.79. The lowest BCUT2D eigenvalue weighted by Crippen LogP contribution is -2.44.